The van der Waals surface area contributed by atoms with E-state index in [0.29, 0.717) is 21.4 Å². The predicted molar refractivity (Wildman–Crippen MR) is 133 cm³/mol. The molecule has 1 aromatic carbocycles. The number of thiophene rings is 2. The largest absolute Gasteiger partial charge is 0.480 e. The zero-order valence-corrected chi connectivity index (χ0v) is 20.3. The number of nitrogens with one attached hydrogen (secondary N) is 1. The van der Waals surface area contributed by atoms with E-state index < -0.39 is 0 Å². The maximum atomic E-state index is 13.1. The van der Waals surface area contributed by atoms with Crippen molar-refractivity contribution in [1.82, 2.24) is 9.97 Å². The van der Waals surface area contributed by atoms with E-state index in [9.17, 15) is 4.79 Å². The van der Waals surface area contributed by atoms with Crippen molar-refractivity contribution in [2.45, 2.75) is 26.5 Å². The minimum absolute atomic E-state index is 0.167. The summed E-state index contributed by atoms with van der Waals surface area (Å²) >= 11 is 3.18. The molecule has 1 aliphatic heterocycles. The number of methoxy groups -OCH3 is 2. The van der Waals surface area contributed by atoms with Crippen molar-refractivity contribution in [2.24, 2.45) is 0 Å². The molecule has 0 bridgehead atoms. The molecule has 9 heteroatoms. The number of carbonyl (C=O) groups excluding carboxylic acids is 1. The minimum atomic E-state index is -0.167. The summed E-state index contributed by atoms with van der Waals surface area (Å²) in [6.45, 7) is 4.11. The summed E-state index contributed by atoms with van der Waals surface area (Å²) in [6, 6.07) is 10.3. The van der Waals surface area contributed by atoms with Crippen LogP contribution in [0.25, 0.3) is 10.2 Å². The molecule has 4 aromatic rings. The van der Waals surface area contributed by atoms with Crippen molar-refractivity contribution in [3.05, 3.63) is 62.4 Å². The molecule has 3 aromatic heterocycles. The number of nitrogens with zero attached hydrogens (tertiary/aromatic N) is 3. The van der Waals surface area contributed by atoms with Gasteiger partial charge in [0, 0.05) is 36.5 Å². The Kier molecular flexibility index (Phi) is 6.01. The van der Waals surface area contributed by atoms with Gasteiger partial charge in [0.05, 0.1) is 17.4 Å². The summed E-state index contributed by atoms with van der Waals surface area (Å²) in [6.07, 6.45) is 1.08. The van der Waals surface area contributed by atoms with E-state index in [2.05, 4.69) is 43.8 Å². The maximum absolute atomic E-state index is 13.1. The molecule has 1 N–H and O–H groups in total. The standard InChI is InChI=1S/C24H24N4O3S2/c1-14-20-23(31-3)26-19(13-30-2)27-24(20)33-21(14)22(29)25-16-4-6-17(7-5-16)28-10-8-18-15(12-28)9-11-32-18/h4-7,9,11H,8,10,12-13H2,1-3H3,(H,25,29). The summed E-state index contributed by atoms with van der Waals surface area (Å²) in [5, 5.41) is 5.95. The highest BCUT2D eigenvalue weighted by Gasteiger charge is 2.22. The molecule has 0 spiro atoms. The fourth-order valence-corrected chi connectivity index (χ4v) is 6.09. The van der Waals surface area contributed by atoms with Crippen molar-refractivity contribution >= 4 is 50.2 Å². The molecule has 1 aliphatic rings. The van der Waals surface area contributed by atoms with Crippen LogP contribution in [0.15, 0.2) is 35.7 Å². The quantitative estimate of drug-likeness (QED) is 0.417. The highest BCUT2D eigenvalue weighted by atomic mass is 32.1. The van der Waals surface area contributed by atoms with Crippen LogP contribution >= 0.6 is 22.7 Å². The first-order valence-electron chi connectivity index (χ1n) is 10.6. The molecule has 0 fully saturated rings. The van der Waals surface area contributed by atoms with Gasteiger partial charge in [0.1, 0.15) is 11.4 Å². The third-order valence-corrected chi connectivity index (χ3v) is 7.98. The summed E-state index contributed by atoms with van der Waals surface area (Å²) in [4.78, 5) is 27.2. The van der Waals surface area contributed by atoms with Gasteiger partial charge in [-0.3, -0.25) is 4.79 Å². The molecule has 0 atom stereocenters. The molecular formula is C24H24N4O3S2. The van der Waals surface area contributed by atoms with Crippen molar-refractivity contribution in [3.63, 3.8) is 0 Å². The number of aryl methyl sites for hydroxylation is 1. The smallest absolute Gasteiger partial charge is 0.266 e. The molecule has 170 valence electrons. The second-order valence-corrected chi connectivity index (χ2v) is 9.86. The van der Waals surface area contributed by atoms with Crippen LogP contribution in [-0.2, 0) is 24.3 Å². The summed E-state index contributed by atoms with van der Waals surface area (Å²) in [7, 11) is 3.16. The Hall–Kier alpha value is -3.01. The van der Waals surface area contributed by atoms with Gasteiger partial charge in [0.2, 0.25) is 5.88 Å². The van der Waals surface area contributed by atoms with E-state index in [0.717, 1.165) is 41.8 Å². The van der Waals surface area contributed by atoms with Gasteiger partial charge in [-0.1, -0.05) is 0 Å². The minimum Gasteiger partial charge on any atom is -0.480 e. The first-order valence-corrected chi connectivity index (χ1v) is 12.3. The number of anilines is 2. The van der Waals surface area contributed by atoms with Crippen LogP contribution in [0.5, 0.6) is 5.88 Å². The van der Waals surface area contributed by atoms with Crippen LogP contribution in [0.3, 0.4) is 0 Å². The molecule has 0 saturated carbocycles. The monoisotopic (exact) mass is 480 g/mol. The van der Waals surface area contributed by atoms with Gasteiger partial charge in [0.15, 0.2) is 5.82 Å². The van der Waals surface area contributed by atoms with Crippen LogP contribution in [-0.4, -0.2) is 36.6 Å². The summed E-state index contributed by atoms with van der Waals surface area (Å²) < 4.78 is 10.6. The number of rotatable bonds is 6. The molecule has 4 heterocycles. The van der Waals surface area contributed by atoms with Crippen LogP contribution in [0.4, 0.5) is 11.4 Å². The SMILES string of the molecule is COCc1nc(OC)c2c(C)c(C(=O)Nc3ccc(N4CCc5sccc5C4)cc3)sc2n1. The molecular weight excluding hydrogens is 456 g/mol. The number of amides is 1. The molecule has 5 rings (SSSR count). The number of benzene rings is 1. The Morgan fingerprint density at radius 2 is 2.00 bits per heavy atom. The van der Waals surface area contributed by atoms with Crippen LogP contribution in [0.1, 0.15) is 31.5 Å². The van der Waals surface area contributed by atoms with Crippen LogP contribution in [0, 0.1) is 6.92 Å². The van der Waals surface area contributed by atoms with Crippen molar-refractivity contribution in [1.29, 1.82) is 0 Å². The van der Waals surface area contributed by atoms with E-state index in [1.807, 2.05) is 30.4 Å². The number of fused-ring (bicyclic) bond motifs is 2. The lowest BCUT2D eigenvalue weighted by Crippen LogP contribution is -2.29. The molecule has 0 radical (unpaired) electrons. The topological polar surface area (TPSA) is 76.6 Å². The summed E-state index contributed by atoms with van der Waals surface area (Å²) in [5.41, 5.74) is 4.14. The van der Waals surface area contributed by atoms with Gasteiger partial charge in [-0.05, 0) is 60.2 Å². The molecule has 33 heavy (non-hydrogen) atoms. The Labute approximate surface area is 200 Å². The van der Waals surface area contributed by atoms with E-state index in [-0.39, 0.29) is 12.5 Å². The van der Waals surface area contributed by atoms with Gasteiger partial charge < -0.3 is 19.7 Å². The van der Waals surface area contributed by atoms with E-state index in [1.165, 1.54) is 21.8 Å². The highest BCUT2D eigenvalue weighted by molar-refractivity contribution is 7.20. The van der Waals surface area contributed by atoms with E-state index >= 15 is 0 Å². The lowest BCUT2D eigenvalue weighted by Gasteiger charge is -2.29. The second-order valence-electron chi connectivity index (χ2n) is 7.86. The zero-order valence-electron chi connectivity index (χ0n) is 18.7. The molecule has 0 aliphatic carbocycles. The lowest BCUT2D eigenvalue weighted by atomic mass is 10.1. The maximum Gasteiger partial charge on any atom is 0.266 e. The second kappa shape index (κ2) is 9.09. The highest BCUT2D eigenvalue weighted by Crippen LogP contribution is 2.35. The Bertz CT molecular complexity index is 1310. The van der Waals surface area contributed by atoms with E-state index in [4.69, 9.17) is 9.47 Å². The Balaban J connectivity index is 1.35. The van der Waals surface area contributed by atoms with Gasteiger partial charge in [-0.2, -0.15) is 4.98 Å². The number of hydrogen-bond donors (Lipinski definition) is 1. The number of aromatic nitrogens is 2. The Morgan fingerprint density at radius 3 is 2.76 bits per heavy atom. The van der Waals surface area contributed by atoms with Crippen molar-refractivity contribution < 1.29 is 14.3 Å². The lowest BCUT2D eigenvalue weighted by molar-refractivity contribution is 0.103. The van der Waals surface area contributed by atoms with Crippen molar-refractivity contribution in [2.75, 3.05) is 31.0 Å². The molecule has 0 saturated heterocycles. The zero-order chi connectivity index (χ0) is 22.9. The fourth-order valence-electron chi connectivity index (χ4n) is 4.11. The summed E-state index contributed by atoms with van der Waals surface area (Å²) in [5.74, 6) is 0.817. The third kappa shape index (κ3) is 4.19. The molecule has 1 amide bonds. The van der Waals surface area contributed by atoms with Gasteiger partial charge in [-0.15, -0.1) is 22.7 Å². The fraction of sp³-hybridized carbons (Fsp3) is 0.292. The number of carbonyl (C=O) groups is 1. The first kappa shape index (κ1) is 21.8. The van der Waals surface area contributed by atoms with Crippen molar-refractivity contribution in [3.8, 4) is 5.88 Å². The van der Waals surface area contributed by atoms with Crippen LogP contribution in [0.2, 0.25) is 0 Å². The average Bonchev–Trinajstić information content (AvgIpc) is 3.43. The normalized spacial score (nSPS) is 13.2. The molecule has 0 unspecified atom stereocenters. The number of ether oxygens (including phenoxy) is 2. The first-order chi connectivity index (χ1) is 16.1. The van der Waals surface area contributed by atoms with Gasteiger partial charge in [-0.25, -0.2) is 4.98 Å². The van der Waals surface area contributed by atoms with E-state index in [1.54, 1.807) is 14.2 Å². The van der Waals surface area contributed by atoms with Crippen LogP contribution < -0.4 is 15.0 Å². The van der Waals surface area contributed by atoms with Gasteiger partial charge >= 0.3 is 0 Å². The van der Waals surface area contributed by atoms with Gasteiger partial charge in [0.25, 0.3) is 5.91 Å². The Morgan fingerprint density at radius 1 is 1.18 bits per heavy atom. The third-order valence-electron chi connectivity index (χ3n) is 5.77. The molecule has 7 nitrogen and oxygen atoms in total. The predicted octanol–water partition coefficient (Wildman–Crippen LogP) is 5.03. The average molecular weight is 481 g/mol. The number of hydrogen-bond acceptors (Lipinski definition) is 8.